The molecule has 0 saturated carbocycles. The Morgan fingerprint density at radius 3 is 2.94 bits per heavy atom. The van der Waals surface area contributed by atoms with Gasteiger partial charge in [0.2, 0.25) is 0 Å². The molecule has 0 radical (unpaired) electrons. The van der Waals surface area contributed by atoms with Crippen molar-refractivity contribution in [2.75, 3.05) is 6.54 Å². The Kier molecular flexibility index (Phi) is 2.26. The fourth-order valence-corrected chi connectivity index (χ4v) is 2.73. The molecule has 1 aromatic carbocycles. The van der Waals surface area contributed by atoms with Gasteiger partial charge in [0, 0.05) is 12.5 Å². The minimum absolute atomic E-state index is 0.391. The van der Waals surface area contributed by atoms with Gasteiger partial charge in [0.05, 0.1) is 0 Å². The second-order valence-corrected chi connectivity index (χ2v) is 4.30. The van der Waals surface area contributed by atoms with Crippen molar-refractivity contribution < 1.29 is 0 Å². The Labute approximate surface area is 96.0 Å². The molecular weight excluding hydrogens is 194 g/mol. The van der Waals surface area contributed by atoms with Crippen LogP contribution in [0, 0.1) is 0 Å². The van der Waals surface area contributed by atoms with Crippen LogP contribution in [0.1, 0.15) is 23.5 Å². The first-order valence-corrected chi connectivity index (χ1v) is 5.77. The van der Waals surface area contributed by atoms with E-state index < -0.39 is 0 Å². The quantitative estimate of drug-likeness (QED) is 0.756. The van der Waals surface area contributed by atoms with E-state index in [0.717, 1.165) is 6.42 Å². The van der Waals surface area contributed by atoms with Gasteiger partial charge < -0.3 is 5.73 Å². The fourth-order valence-electron chi connectivity index (χ4n) is 2.73. The smallest absolute Gasteiger partial charge is 0.0221 e. The molecule has 1 nitrogen and oxygen atoms in total. The first-order chi connectivity index (χ1) is 7.92. The van der Waals surface area contributed by atoms with E-state index in [2.05, 4.69) is 48.6 Å². The third kappa shape index (κ3) is 1.29. The van der Waals surface area contributed by atoms with Crippen LogP contribution in [-0.2, 0) is 0 Å². The monoisotopic (exact) mass is 209 g/mol. The average molecular weight is 209 g/mol. The second kappa shape index (κ2) is 3.76. The van der Waals surface area contributed by atoms with Crippen molar-refractivity contribution in [2.24, 2.45) is 5.73 Å². The van der Waals surface area contributed by atoms with Gasteiger partial charge in [0.25, 0.3) is 0 Å². The summed E-state index contributed by atoms with van der Waals surface area (Å²) in [6, 6.07) is 8.64. The van der Waals surface area contributed by atoms with Crippen molar-refractivity contribution in [1.82, 2.24) is 0 Å². The summed E-state index contributed by atoms with van der Waals surface area (Å²) in [5, 5.41) is 0. The lowest BCUT2D eigenvalue weighted by Gasteiger charge is -2.11. The molecule has 0 saturated heterocycles. The first-order valence-electron chi connectivity index (χ1n) is 5.77. The van der Waals surface area contributed by atoms with E-state index in [1.54, 1.807) is 0 Å². The van der Waals surface area contributed by atoms with Crippen molar-refractivity contribution in [3.8, 4) is 0 Å². The highest BCUT2D eigenvalue weighted by atomic mass is 14.6. The Balaban J connectivity index is 2.19. The molecule has 0 amide bonds. The maximum Gasteiger partial charge on any atom is 0.0221 e. The van der Waals surface area contributed by atoms with E-state index in [1.165, 1.54) is 22.3 Å². The van der Waals surface area contributed by atoms with Gasteiger partial charge in [-0.25, -0.2) is 0 Å². The zero-order chi connectivity index (χ0) is 11.0. The van der Waals surface area contributed by atoms with Crippen LogP contribution in [0.2, 0.25) is 0 Å². The van der Waals surface area contributed by atoms with Gasteiger partial charge in [-0.1, -0.05) is 48.6 Å². The molecule has 0 fully saturated rings. The van der Waals surface area contributed by atoms with Crippen LogP contribution < -0.4 is 5.73 Å². The van der Waals surface area contributed by atoms with E-state index in [-0.39, 0.29) is 0 Å². The third-order valence-corrected chi connectivity index (χ3v) is 3.47. The summed E-state index contributed by atoms with van der Waals surface area (Å²) in [6.07, 6.45) is 9.70. The lowest BCUT2D eigenvalue weighted by molar-refractivity contribution is 0.834. The Morgan fingerprint density at radius 2 is 2.06 bits per heavy atom. The van der Waals surface area contributed by atoms with Gasteiger partial charge in [-0.3, -0.25) is 0 Å². The maximum atomic E-state index is 5.92. The molecule has 0 spiro atoms. The van der Waals surface area contributed by atoms with Gasteiger partial charge in [0.15, 0.2) is 0 Å². The van der Waals surface area contributed by atoms with Crippen LogP contribution in [0.5, 0.6) is 0 Å². The Hall–Kier alpha value is -1.60. The molecule has 16 heavy (non-hydrogen) atoms. The molecule has 0 heterocycles. The third-order valence-electron chi connectivity index (χ3n) is 3.47. The molecule has 3 rings (SSSR count). The molecule has 1 heteroatoms. The minimum Gasteiger partial charge on any atom is -0.330 e. The lowest BCUT2D eigenvalue weighted by Crippen LogP contribution is -2.11. The fraction of sp³-hybridized carbons (Fsp3) is 0.200. The molecule has 1 aromatic rings. The van der Waals surface area contributed by atoms with Crippen LogP contribution in [0.3, 0.4) is 0 Å². The molecular formula is C15H15N. The number of benzene rings is 1. The van der Waals surface area contributed by atoms with Gasteiger partial charge in [-0.05, 0) is 28.7 Å². The van der Waals surface area contributed by atoms with E-state index in [1.807, 2.05) is 0 Å². The highest BCUT2D eigenvalue weighted by molar-refractivity contribution is 5.81. The highest BCUT2D eigenvalue weighted by Crippen LogP contribution is 2.44. The number of hydrogen-bond donors (Lipinski definition) is 1. The zero-order valence-electron chi connectivity index (χ0n) is 9.19. The number of rotatable bonds is 1. The first kappa shape index (κ1) is 9.61. The summed E-state index contributed by atoms with van der Waals surface area (Å²) in [5.41, 5.74) is 11.6. The second-order valence-electron chi connectivity index (χ2n) is 4.30. The largest absolute Gasteiger partial charge is 0.330 e. The Morgan fingerprint density at radius 1 is 1.19 bits per heavy atom. The van der Waals surface area contributed by atoms with Crippen molar-refractivity contribution in [2.45, 2.75) is 12.3 Å². The summed E-state index contributed by atoms with van der Waals surface area (Å²) >= 11 is 0. The SMILES string of the molecule is NCC1C2=C(CC=CC=C2)c2ccccc21. The number of fused-ring (bicyclic) bond motifs is 2. The average Bonchev–Trinajstić information content (AvgIpc) is 2.49. The van der Waals surface area contributed by atoms with Crippen LogP contribution in [0.25, 0.3) is 5.57 Å². The number of allylic oxidation sites excluding steroid dienone is 5. The van der Waals surface area contributed by atoms with Crippen molar-refractivity contribution in [1.29, 1.82) is 0 Å². The van der Waals surface area contributed by atoms with E-state index in [0.29, 0.717) is 12.5 Å². The summed E-state index contributed by atoms with van der Waals surface area (Å²) in [7, 11) is 0. The van der Waals surface area contributed by atoms with E-state index >= 15 is 0 Å². The van der Waals surface area contributed by atoms with Gasteiger partial charge in [-0.15, -0.1) is 0 Å². The van der Waals surface area contributed by atoms with E-state index in [9.17, 15) is 0 Å². The Bertz CT molecular complexity index is 506. The standard InChI is InChI=1S/C15H15N/c16-10-15-13-7-3-1-2-6-11(13)12-8-4-5-9-14(12)15/h1-5,7-9,15H,6,10,16H2. The topological polar surface area (TPSA) is 26.0 Å². The molecule has 0 bridgehead atoms. The maximum absolute atomic E-state index is 5.92. The van der Waals surface area contributed by atoms with Crippen LogP contribution in [0.4, 0.5) is 0 Å². The molecule has 0 aliphatic heterocycles. The highest BCUT2D eigenvalue weighted by Gasteiger charge is 2.27. The van der Waals surface area contributed by atoms with Gasteiger partial charge in [0.1, 0.15) is 0 Å². The minimum atomic E-state index is 0.391. The predicted octanol–water partition coefficient (Wildman–Crippen LogP) is 3.01. The molecule has 0 aromatic heterocycles. The van der Waals surface area contributed by atoms with Crippen LogP contribution >= 0.6 is 0 Å². The number of nitrogens with two attached hydrogens (primary N) is 1. The summed E-state index contributed by atoms with van der Waals surface area (Å²) in [5.74, 6) is 0.391. The van der Waals surface area contributed by atoms with Crippen LogP contribution in [0.15, 0.2) is 54.1 Å². The predicted molar refractivity (Wildman–Crippen MR) is 68.1 cm³/mol. The summed E-state index contributed by atoms with van der Waals surface area (Å²) < 4.78 is 0. The molecule has 2 aliphatic carbocycles. The number of hydrogen-bond acceptors (Lipinski definition) is 1. The molecule has 1 atom stereocenters. The van der Waals surface area contributed by atoms with Crippen molar-refractivity contribution in [3.05, 3.63) is 65.3 Å². The van der Waals surface area contributed by atoms with E-state index in [4.69, 9.17) is 5.73 Å². The zero-order valence-corrected chi connectivity index (χ0v) is 9.19. The molecule has 2 aliphatic rings. The molecule has 1 unspecified atom stereocenters. The van der Waals surface area contributed by atoms with Crippen LogP contribution in [-0.4, -0.2) is 6.54 Å². The van der Waals surface area contributed by atoms with Crippen molar-refractivity contribution >= 4 is 5.57 Å². The molecule has 80 valence electrons. The van der Waals surface area contributed by atoms with Gasteiger partial charge in [-0.2, -0.15) is 0 Å². The van der Waals surface area contributed by atoms with Crippen molar-refractivity contribution in [3.63, 3.8) is 0 Å². The normalized spacial score (nSPS) is 21.9. The summed E-state index contributed by atoms with van der Waals surface area (Å²) in [4.78, 5) is 0. The van der Waals surface area contributed by atoms with Gasteiger partial charge >= 0.3 is 0 Å². The molecule has 2 N–H and O–H groups in total. The summed E-state index contributed by atoms with van der Waals surface area (Å²) in [6.45, 7) is 0.695. The lowest BCUT2D eigenvalue weighted by atomic mass is 9.96.